The van der Waals surface area contributed by atoms with E-state index >= 15 is 0 Å². The number of hydrogen-bond donors (Lipinski definition) is 2. The van der Waals surface area contributed by atoms with Crippen LogP contribution in [0.15, 0.2) is 16.1 Å². The quantitative estimate of drug-likeness (QED) is 0.714. The largest absolute Gasteiger partial charge is 0.382 e. The minimum absolute atomic E-state index is 0.195. The Balaban J connectivity index is 1.69. The number of aliphatic imine (C=N–C) groups is 1. The standard InChI is InChI=1S/C17H22BrN5OS/c1-8-5-10-12(11(18)6-8)13(21-15(10)19)14-16(20)22-17(25-14)23-3-4-24-9(2)7-23/h8-9,11,19H,3-7,20H2,1-2H3. The molecule has 0 bridgehead atoms. The van der Waals surface area contributed by atoms with Crippen LogP contribution in [0.5, 0.6) is 0 Å². The molecule has 0 saturated carbocycles. The highest BCUT2D eigenvalue weighted by atomic mass is 79.9. The van der Waals surface area contributed by atoms with Gasteiger partial charge in [-0.05, 0) is 25.7 Å². The Kier molecular flexibility index (Phi) is 4.45. The van der Waals surface area contributed by atoms with Gasteiger partial charge in [-0.25, -0.2) is 9.98 Å². The number of hydrogen-bond acceptors (Lipinski definition) is 6. The van der Waals surface area contributed by atoms with Gasteiger partial charge in [0.15, 0.2) is 5.13 Å². The van der Waals surface area contributed by atoms with Crippen molar-refractivity contribution < 1.29 is 4.74 Å². The summed E-state index contributed by atoms with van der Waals surface area (Å²) in [5.74, 6) is 1.45. The van der Waals surface area contributed by atoms with Gasteiger partial charge in [0.2, 0.25) is 0 Å². The van der Waals surface area contributed by atoms with Gasteiger partial charge < -0.3 is 15.4 Å². The molecule has 0 amide bonds. The molecule has 1 fully saturated rings. The van der Waals surface area contributed by atoms with E-state index in [2.05, 4.69) is 44.7 Å². The van der Waals surface area contributed by atoms with Crippen LogP contribution in [0.4, 0.5) is 10.9 Å². The summed E-state index contributed by atoms with van der Waals surface area (Å²) in [7, 11) is 0. The number of nitrogens with two attached hydrogens (primary N) is 1. The Morgan fingerprint density at radius 2 is 2.20 bits per heavy atom. The summed E-state index contributed by atoms with van der Waals surface area (Å²) in [6, 6.07) is 0. The topological polar surface area (TPSA) is 87.6 Å². The second kappa shape index (κ2) is 6.48. The van der Waals surface area contributed by atoms with Crippen LogP contribution >= 0.6 is 27.3 Å². The first kappa shape index (κ1) is 17.2. The van der Waals surface area contributed by atoms with Gasteiger partial charge in [0.25, 0.3) is 0 Å². The van der Waals surface area contributed by atoms with Crippen molar-refractivity contribution in [3.63, 3.8) is 0 Å². The molecule has 2 aliphatic heterocycles. The smallest absolute Gasteiger partial charge is 0.188 e. The van der Waals surface area contributed by atoms with Gasteiger partial charge in [-0.1, -0.05) is 34.2 Å². The van der Waals surface area contributed by atoms with Crippen molar-refractivity contribution in [2.75, 3.05) is 30.3 Å². The number of thiazole rings is 1. The van der Waals surface area contributed by atoms with E-state index in [0.29, 0.717) is 24.2 Å². The lowest BCUT2D eigenvalue weighted by Gasteiger charge is -2.30. The number of rotatable bonds is 2. The first-order chi connectivity index (χ1) is 11.9. The van der Waals surface area contributed by atoms with E-state index in [-0.39, 0.29) is 10.9 Å². The molecule has 134 valence electrons. The van der Waals surface area contributed by atoms with Gasteiger partial charge in [0.1, 0.15) is 11.7 Å². The molecule has 1 saturated heterocycles. The molecule has 8 heteroatoms. The van der Waals surface area contributed by atoms with Crippen molar-refractivity contribution in [2.24, 2.45) is 10.9 Å². The van der Waals surface area contributed by atoms with E-state index in [1.165, 1.54) is 0 Å². The molecule has 3 unspecified atom stereocenters. The molecule has 0 aromatic carbocycles. The molecule has 0 spiro atoms. The van der Waals surface area contributed by atoms with E-state index < -0.39 is 0 Å². The van der Waals surface area contributed by atoms with E-state index in [9.17, 15) is 0 Å². The van der Waals surface area contributed by atoms with Gasteiger partial charge in [0, 0.05) is 29.1 Å². The number of nitrogens with one attached hydrogen (secondary N) is 1. The lowest BCUT2D eigenvalue weighted by molar-refractivity contribution is 0.0532. The highest BCUT2D eigenvalue weighted by molar-refractivity contribution is 9.09. The van der Waals surface area contributed by atoms with Gasteiger partial charge >= 0.3 is 0 Å². The summed E-state index contributed by atoms with van der Waals surface area (Å²) in [6.07, 6.45) is 2.16. The van der Waals surface area contributed by atoms with Gasteiger partial charge in [-0.3, -0.25) is 5.41 Å². The Morgan fingerprint density at radius 1 is 1.40 bits per heavy atom. The SMILES string of the molecule is CC1CC2=C(C(c3sc(N4CCOC(C)C4)nc3N)=NC2=N)C(Br)C1. The zero-order valence-electron chi connectivity index (χ0n) is 14.4. The van der Waals surface area contributed by atoms with E-state index in [0.717, 1.165) is 52.8 Å². The number of anilines is 2. The first-order valence-electron chi connectivity index (χ1n) is 8.62. The summed E-state index contributed by atoms with van der Waals surface area (Å²) in [5, 5.41) is 9.20. The highest BCUT2D eigenvalue weighted by Crippen LogP contribution is 2.42. The lowest BCUT2D eigenvalue weighted by Crippen LogP contribution is -2.41. The second-order valence-electron chi connectivity index (χ2n) is 7.05. The predicted octanol–water partition coefficient (Wildman–Crippen LogP) is 3.22. The van der Waals surface area contributed by atoms with E-state index in [1.54, 1.807) is 11.3 Å². The fourth-order valence-corrected chi connectivity index (χ4v) is 5.90. The fraction of sp³-hybridized carbons (Fsp3) is 0.588. The Morgan fingerprint density at radius 3 is 2.96 bits per heavy atom. The minimum atomic E-state index is 0.195. The molecule has 3 aliphatic rings. The van der Waals surface area contributed by atoms with Crippen LogP contribution in [-0.4, -0.2) is 47.2 Å². The molecule has 3 N–H and O–H groups in total. The Bertz CT molecular complexity index is 786. The molecule has 3 atom stereocenters. The number of ether oxygens (including phenoxy) is 1. The van der Waals surface area contributed by atoms with Crippen molar-refractivity contribution in [1.29, 1.82) is 5.41 Å². The molecule has 25 heavy (non-hydrogen) atoms. The van der Waals surface area contributed by atoms with Crippen LogP contribution in [-0.2, 0) is 4.74 Å². The van der Waals surface area contributed by atoms with Crippen molar-refractivity contribution in [3.8, 4) is 0 Å². The van der Waals surface area contributed by atoms with Crippen molar-refractivity contribution in [3.05, 3.63) is 16.0 Å². The van der Waals surface area contributed by atoms with Crippen molar-refractivity contribution in [2.45, 2.75) is 37.6 Å². The molecular formula is C17H22BrN5OS. The number of alkyl halides is 1. The Labute approximate surface area is 159 Å². The third kappa shape index (κ3) is 3.04. The van der Waals surface area contributed by atoms with E-state index in [1.807, 2.05) is 0 Å². The molecular weight excluding hydrogens is 402 g/mol. The lowest BCUT2D eigenvalue weighted by atomic mass is 9.84. The summed E-state index contributed by atoms with van der Waals surface area (Å²) < 4.78 is 5.61. The second-order valence-corrected chi connectivity index (χ2v) is 9.13. The van der Waals surface area contributed by atoms with Gasteiger partial charge in [-0.2, -0.15) is 0 Å². The Hall–Kier alpha value is -1.25. The summed E-state index contributed by atoms with van der Waals surface area (Å²) in [4.78, 5) is 12.5. The van der Waals surface area contributed by atoms with Gasteiger partial charge in [0.05, 0.1) is 23.3 Å². The molecule has 1 aromatic heterocycles. The zero-order valence-corrected chi connectivity index (χ0v) is 16.8. The van der Waals surface area contributed by atoms with Crippen molar-refractivity contribution >= 4 is 49.8 Å². The molecule has 6 nitrogen and oxygen atoms in total. The zero-order chi connectivity index (χ0) is 17.7. The number of allylic oxidation sites excluding steroid dienone is 1. The van der Waals surface area contributed by atoms with E-state index in [4.69, 9.17) is 15.9 Å². The molecule has 1 aromatic rings. The monoisotopic (exact) mass is 423 g/mol. The average molecular weight is 424 g/mol. The molecule has 3 heterocycles. The normalized spacial score (nSPS) is 29.9. The number of aromatic nitrogens is 1. The minimum Gasteiger partial charge on any atom is -0.382 e. The maximum absolute atomic E-state index is 8.28. The maximum Gasteiger partial charge on any atom is 0.188 e. The number of nitrogen functional groups attached to an aromatic ring is 1. The van der Waals surface area contributed by atoms with Crippen LogP contribution in [0, 0.1) is 11.3 Å². The molecule has 1 aliphatic carbocycles. The molecule has 4 rings (SSSR count). The predicted molar refractivity (Wildman–Crippen MR) is 107 cm³/mol. The average Bonchev–Trinajstić information content (AvgIpc) is 3.08. The molecule has 0 radical (unpaired) electrons. The van der Waals surface area contributed by atoms with Crippen LogP contribution in [0.1, 0.15) is 31.6 Å². The van der Waals surface area contributed by atoms with Crippen molar-refractivity contribution in [1.82, 2.24) is 4.98 Å². The third-order valence-corrected chi connectivity index (χ3v) is 6.90. The highest BCUT2D eigenvalue weighted by Gasteiger charge is 2.37. The summed E-state index contributed by atoms with van der Waals surface area (Å²) in [5.41, 5.74) is 9.30. The number of halogens is 1. The number of morpholine rings is 1. The first-order valence-corrected chi connectivity index (χ1v) is 10.4. The van der Waals surface area contributed by atoms with Crippen LogP contribution in [0.25, 0.3) is 0 Å². The van der Waals surface area contributed by atoms with Gasteiger partial charge in [-0.15, -0.1) is 0 Å². The van der Waals surface area contributed by atoms with Crippen LogP contribution in [0.2, 0.25) is 0 Å². The number of amidine groups is 1. The van der Waals surface area contributed by atoms with Crippen LogP contribution < -0.4 is 10.6 Å². The fourth-order valence-electron chi connectivity index (χ4n) is 3.75. The third-order valence-electron chi connectivity index (χ3n) is 4.93. The summed E-state index contributed by atoms with van der Waals surface area (Å²) in [6.45, 7) is 6.65. The summed E-state index contributed by atoms with van der Waals surface area (Å²) >= 11 is 5.38. The maximum atomic E-state index is 8.28. The van der Waals surface area contributed by atoms with Crippen LogP contribution in [0.3, 0.4) is 0 Å². The number of nitrogens with zero attached hydrogens (tertiary/aromatic N) is 3.